The van der Waals surface area contributed by atoms with Gasteiger partial charge in [-0.2, -0.15) is 0 Å². The fourth-order valence-electron chi connectivity index (χ4n) is 1.97. The van der Waals surface area contributed by atoms with Crippen LogP contribution in [0.15, 0.2) is 30.3 Å². The van der Waals surface area contributed by atoms with Gasteiger partial charge in [0.2, 0.25) is 0 Å². The van der Waals surface area contributed by atoms with Crippen LogP contribution in [0.5, 0.6) is 0 Å². The first kappa shape index (κ1) is 13.2. The Morgan fingerprint density at radius 2 is 1.81 bits per heavy atom. The van der Waals surface area contributed by atoms with Crippen molar-refractivity contribution in [2.45, 2.75) is 32.2 Å². The molecule has 0 saturated carbocycles. The second-order valence-corrected chi connectivity index (χ2v) is 4.54. The molecule has 2 heteroatoms. The topological polar surface area (TPSA) is 35.2 Å². The largest absolute Gasteiger partial charge is 0.385 e. The standard InChI is InChI=1S/C14H23NO/c1-11(9-10-16-3)14(15)12(2)13-7-5-4-6-8-13/h4-8,11-12,14H,9-10,15H2,1-3H3. The van der Waals surface area contributed by atoms with Gasteiger partial charge in [0.05, 0.1) is 0 Å². The second-order valence-electron chi connectivity index (χ2n) is 4.54. The van der Waals surface area contributed by atoms with Crippen molar-refractivity contribution in [3.8, 4) is 0 Å². The Kier molecular flexibility index (Phi) is 5.50. The highest BCUT2D eigenvalue weighted by atomic mass is 16.5. The van der Waals surface area contributed by atoms with Crippen molar-refractivity contribution in [2.75, 3.05) is 13.7 Å². The molecule has 0 aliphatic carbocycles. The van der Waals surface area contributed by atoms with E-state index in [1.807, 2.05) is 6.07 Å². The van der Waals surface area contributed by atoms with E-state index < -0.39 is 0 Å². The molecule has 0 aliphatic rings. The van der Waals surface area contributed by atoms with Crippen molar-refractivity contribution in [1.82, 2.24) is 0 Å². The molecule has 1 aromatic rings. The minimum Gasteiger partial charge on any atom is -0.385 e. The third-order valence-corrected chi connectivity index (χ3v) is 3.34. The summed E-state index contributed by atoms with van der Waals surface area (Å²) >= 11 is 0. The molecule has 3 unspecified atom stereocenters. The van der Waals surface area contributed by atoms with Gasteiger partial charge in [-0.25, -0.2) is 0 Å². The molecule has 16 heavy (non-hydrogen) atoms. The lowest BCUT2D eigenvalue weighted by molar-refractivity contribution is 0.172. The molecule has 2 N–H and O–H groups in total. The van der Waals surface area contributed by atoms with Crippen LogP contribution >= 0.6 is 0 Å². The number of ether oxygens (including phenoxy) is 1. The highest BCUT2D eigenvalue weighted by Crippen LogP contribution is 2.23. The molecule has 0 aliphatic heterocycles. The minimum absolute atomic E-state index is 0.192. The highest BCUT2D eigenvalue weighted by Gasteiger charge is 2.20. The Bertz CT molecular complexity index is 286. The van der Waals surface area contributed by atoms with Crippen LogP contribution in [0, 0.1) is 5.92 Å². The Labute approximate surface area is 98.8 Å². The van der Waals surface area contributed by atoms with Crippen molar-refractivity contribution in [1.29, 1.82) is 0 Å². The molecule has 0 spiro atoms. The highest BCUT2D eigenvalue weighted by molar-refractivity contribution is 5.20. The van der Waals surface area contributed by atoms with Gasteiger partial charge in [-0.05, 0) is 23.8 Å². The third kappa shape index (κ3) is 3.62. The normalized spacial score (nSPS) is 16.8. The fourth-order valence-corrected chi connectivity index (χ4v) is 1.97. The quantitative estimate of drug-likeness (QED) is 0.801. The first-order chi connectivity index (χ1) is 7.66. The lowest BCUT2D eigenvalue weighted by Gasteiger charge is -2.26. The van der Waals surface area contributed by atoms with Crippen LogP contribution < -0.4 is 5.73 Å². The molecule has 0 fully saturated rings. The minimum atomic E-state index is 0.192. The van der Waals surface area contributed by atoms with Crippen molar-refractivity contribution in [3.05, 3.63) is 35.9 Å². The Balaban J connectivity index is 2.56. The van der Waals surface area contributed by atoms with Crippen LogP contribution in [0.25, 0.3) is 0 Å². The molecule has 1 aromatic carbocycles. The number of benzene rings is 1. The van der Waals surface area contributed by atoms with E-state index in [4.69, 9.17) is 10.5 Å². The number of methoxy groups -OCH3 is 1. The molecule has 0 radical (unpaired) electrons. The summed E-state index contributed by atoms with van der Waals surface area (Å²) in [6.07, 6.45) is 1.02. The second kappa shape index (κ2) is 6.66. The summed E-state index contributed by atoms with van der Waals surface area (Å²) in [4.78, 5) is 0. The van der Waals surface area contributed by atoms with Crippen molar-refractivity contribution in [3.63, 3.8) is 0 Å². The van der Waals surface area contributed by atoms with Crippen molar-refractivity contribution >= 4 is 0 Å². The zero-order chi connectivity index (χ0) is 12.0. The van der Waals surface area contributed by atoms with E-state index in [9.17, 15) is 0 Å². The van der Waals surface area contributed by atoms with E-state index in [1.54, 1.807) is 7.11 Å². The van der Waals surface area contributed by atoms with E-state index in [0.717, 1.165) is 13.0 Å². The monoisotopic (exact) mass is 221 g/mol. The summed E-state index contributed by atoms with van der Waals surface area (Å²) in [5, 5.41) is 0. The average molecular weight is 221 g/mol. The van der Waals surface area contributed by atoms with Crippen LogP contribution in [-0.4, -0.2) is 19.8 Å². The van der Waals surface area contributed by atoms with Crippen LogP contribution in [-0.2, 0) is 4.74 Å². The first-order valence-corrected chi connectivity index (χ1v) is 5.96. The van der Waals surface area contributed by atoms with Gasteiger partial charge in [-0.1, -0.05) is 44.2 Å². The van der Waals surface area contributed by atoms with Gasteiger partial charge in [0.15, 0.2) is 0 Å². The summed E-state index contributed by atoms with van der Waals surface area (Å²) < 4.78 is 5.09. The number of nitrogens with two attached hydrogens (primary N) is 1. The van der Waals surface area contributed by atoms with Gasteiger partial charge in [-0.3, -0.25) is 0 Å². The van der Waals surface area contributed by atoms with Crippen LogP contribution in [0.2, 0.25) is 0 Å². The smallest absolute Gasteiger partial charge is 0.0465 e. The van der Waals surface area contributed by atoms with Gasteiger partial charge >= 0.3 is 0 Å². The molecule has 0 aromatic heterocycles. The van der Waals surface area contributed by atoms with Gasteiger partial charge in [0.1, 0.15) is 0 Å². The number of hydrogen-bond acceptors (Lipinski definition) is 2. The van der Waals surface area contributed by atoms with Crippen molar-refractivity contribution < 1.29 is 4.74 Å². The first-order valence-electron chi connectivity index (χ1n) is 5.96. The summed E-state index contributed by atoms with van der Waals surface area (Å²) in [6, 6.07) is 10.7. The van der Waals surface area contributed by atoms with Crippen LogP contribution in [0.1, 0.15) is 31.7 Å². The van der Waals surface area contributed by atoms with Gasteiger partial charge in [-0.15, -0.1) is 0 Å². The number of hydrogen-bond donors (Lipinski definition) is 1. The lowest BCUT2D eigenvalue weighted by atomic mass is 9.85. The SMILES string of the molecule is COCCC(C)C(N)C(C)c1ccccc1. The predicted octanol–water partition coefficient (Wildman–Crippen LogP) is 2.79. The Hall–Kier alpha value is -0.860. The molecule has 3 atom stereocenters. The summed E-state index contributed by atoms with van der Waals surface area (Å²) in [6.45, 7) is 5.18. The van der Waals surface area contributed by atoms with Gasteiger partial charge in [0.25, 0.3) is 0 Å². The maximum atomic E-state index is 6.28. The Morgan fingerprint density at radius 1 is 1.19 bits per heavy atom. The van der Waals surface area contributed by atoms with Crippen LogP contribution in [0.4, 0.5) is 0 Å². The molecular formula is C14H23NO. The third-order valence-electron chi connectivity index (χ3n) is 3.34. The summed E-state index contributed by atoms with van der Waals surface area (Å²) in [7, 11) is 1.73. The lowest BCUT2D eigenvalue weighted by Crippen LogP contribution is -2.34. The molecule has 0 heterocycles. The van der Waals surface area contributed by atoms with Gasteiger partial charge in [0, 0.05) is 19.8 Å². The van der Waals surface area contributed by atoms with E-state index >= 15 is 0 Å². The molecule has 0 bridgehead atoms. The summed E-state index contributed by atoms with van der Waals surface area (Å²) in [5.74, 6) is 0.878. The van der Waals surface area contributed by atoms with E-state index in [1.165, 1.54) is 5.56 Å². The molecule has 0 amide bonds. The van der Waals surface area contributed by atoms with E-state index in [-0.39, 0.29) is 6.04 Å². The molecular weight excluding hydrogens is 198 g/mol. The van der Waals surface area contributed by atoms with Crippen molar-refractivity contribution in [2.24, 2.45) is 11.7 Å². The molecule has 2 nitrogen and oxygen atoms in total. The van der Waals surface area contributed by atoms with Gasteiger partial charge < -0.3 is 10.5 Å². The molecule has 90 valence electrons. The molecule has 0 saturated heterocycles. The average Bonchev–Trinajstić information content (AvgIpc) is 2.35. The summed E-state index contributed by atoms with van der Waals surface area (Å²) in [5.41, 5.74) is 7.60. The zero-order valence-electron chi connectivity index (χ0n) is 10.5. The predicted molar refractivity (Wildman–Crippen MR) is 68.5 cm³/mol. The molecule has 1 rings (SSSR count). The van der Waals surface area contributed by atoms with Crippen LogP contribution in [0.3, 0.4) is 0 Å². The van der Waals surface area contributed by atoms with E-state index in [2.05, 4.69) is 38.1 Å². The maximum Gasteiger partial charge on any atom is 0.0465 e. The van der Waals surface area contributed by atoms with E-state index in [0.29, 0.717) is 11.8 Å². The Morgan fingerprint density at radius 3 is 2.38 bits per heavy atom. The maximum absolute atomic E-state index is 6.28. The fraction of sp³-hybridized carbons (Fsp3) is 0.571. The zero-order valence-corrected chi connectivity index (χ0v) is 10.5. The number of rotatable bonds is 6.